The molecule has 0 aliphatic rings. The summed E-state index contributed by atoms with van der Waals surface area (Å²) >= 11 is 0. The normalized spacial score (nSPS) is 10.0. The van der Waals surface area contributed by atoms with E-state index in [1.807, 2.05) is 19.1 Å². The lowest BCUT2D eigenvalue weighted by Crippen LogP contribution is -2.21. The van der Waals surface area contributed by atoms with Crippen molar-refractivity contribution >= 4 is 0 Å². The van der Waals surface area contributed by atoms with Crippen molar-refractivity contribution in [3.8, 4) is 11.8 Å². The third-order valence-corrected chi connectivity index (χ3v) is 2.88. The number of rotatable bonds is 5. The number of pyridine rings is 1. The molecule has 0 aliphatic heterocycles. The van der Waals surface area contributed by atoms with Gasteiger partial charge in [0.2, 0.25) is 0 Å². The Morgan fingerprint density at radius 3 is 2.65 bits per heavy atom. The highest BCUT2D eigenvalue weighted by molar-refractivity contribution is 5.31. The van der Waals surface area contributed by atoms with Crippen LogP contribution in [-0.4, -0.2) is 11.2 Å². The van der Waals surface area contributed by atoms with Gasteiger partial charge < -0.3 is 9.30 Å². The standard InChI is InChI=1S/C16H16N2O2/c1-2-10-20-15-4-3-9-18(16(15)19)12-14-7-5-13(11-17)6-8-14/h3-9H,2,10,12H2,1H3. The lowest BCUT2D eigenvalue weighted by molar-refractivity contribution is 0.310. The third kappa shape index (κ3) is 3.27. The van der Waals surface area contributed by atoms with Crippen molar-refractivity contribution in [2.24, 2.45) is 0 Å². The molecule has 2 rings (SSSR count). The van der Waals surface area contributed by atoms with Crippen LogP contribution in [-0.2, 0) is 6.54 Å². The van der Waals surface area contributed by atoms with Gasteiger partial charge in [-0.2, -0.15) is 5.26 Å². The Hall–Kier alpha value is -2.54. The van der Waals surface area contributed by atoms with Gasteiger partial charge >= 0.3 is 0 Å². The summed E-state index contributed by atoms with van der Waals surface area (Å²) in [5.41, 5.74) is 1.45. The molecule has 0 unspecified atom stereocenters. The number of hydrogen-bond acceptors (Lipinski definition) is 3. The highest BCUT2D eigenvalue weighted by Gasteiger charge is 2.04. The maximum atomic E-state index is 12.2. The fourth-order valence-corrected chi connectivity index (χ4v) is 1.84. The average molecular weight is 268 g/mol. The zero-order valence-corrected chi connectivity index (χ0v) is 11.4. The van der Waals surface area contributed by atoms with E-state index in [9.17, 15) is 4.79 Å². The molecule has 102 valence electrons. The molecule has 1 aromatic heterocycles. The molecule has 0 spiro atoms. The highest BCUT2D eigenvalue weighted by atomic mass is 16.5. The second kappa shape index (κ2) is 6.58. The molecule has 4 heteroatoms. The maximum Gasteiger partial charge on any atom is 0.293 e. The van der Waals surface area contributed by atoms with Crippen LogP contribution in [0.2, 0.25) is 0 Å². The van der Waals surface area contributed by atoms with Gasteiger partial charge in [-0.1, -0.05) is 19.1 Å². The van der Waals surface area contributed by atoms with Crippen LogP contribution in [0.15, 0.2) is 47.4 Å². The van der Waals surface area contributed by atoms with Gasteiger partial charge in [-0.25, -0.2) is 0 Å². The molecular weight excluding hydrogens is 252 g/mol. The van der Waals surface area contributed by atoms with E-state index in [-0.39, 0.29) is 5.56 Å². The van der Waals surface area contributed by atoms with Crippen LogP contribution in [0.4, 0.5) is 0 Å². The number of nitrogens with zero attached hydrogens (tertiary/aromatic N) is 2. The van der Waals surface area contributed by atoms with Crippen LogP contribution in [0.25, 0.3) is 0 Å². The van der Waals surface area contributed by atoms with Crippen molar-refractivity contribution < 1.29 is 4.74 Å². The van der Waals surface area contributed by atoms with Gasteiger partial charge in [-0.05, 0) is 36.2 Å². The largest absolute Gasteiger partial charge is 0.488 e. The molecule has 4 nitrogen and oxygen atoms in total. The fourth-order valence-electron chi connectivity index (χ4n) is 1.84. The molecular formula is C16H16N2O2. The predicted octanol–water partition coefficient (Wildman–Crippen LogP) is 2.56. The topological polar surface area (TPSA) is 55.0 Å². The monoisotopic (exact) mass is 268 g/mol. The molecule has 0 radical (unpaired) electrons. The first-order valence-corrected chi connectivity index (χ1v) is 6.56. The first-order valence-electron chi connectivity index (χ1n) is 6.56. The van der Waals surface area contributed by atoms with Crippen LogP contribution in [0.3, 0.4) is 0 Å². The van der Waals surface area contributed by atoms with Gasteiger partial charge in [-0.3, -0.25) is 4.79 Å². The second-order valence-corrected chi connectivity index (χ2v) is 4.46. The summed E-state index contributed by atoms with van der Waals surface area (Å²) < 4.78 is 7.03. The first kappa shape index (κ1) is 13.9. The van der Waals surface area contributed by atoms with E-state index >= 15 is 0 Å². The summed E-state index contributed by atoms with van der Waals surface area (Å²) in [5, 5.41) is 8.76. The van der Waals surface area contributed by atoms with Crippen molar-refractivity contribution in [2.45, 2.75) is 19.9 Å². The van der Waals surface area contributed by atoms with E-state index in [1.165, 1.54) is 0 Å². The molecule has 0 amide bonds. The minimum absolute atomic E-state index is 0.134. The summed E-state index contributed by atoms with van der Waals surface area (Å²) in [6.45, 7) is 3.00. The number of nitriles is 1. The van der Waals surface area contributed by atoms with Gasteiger partial charge in [0.15, 0.2) is 5.75 Å². The zero-order chi connectivity index (χ0) is 14.4. The van der Waals surface area contributed by atoms with Crippen LogP contribution >= 0.6 is 0 Å². The van der Waals surface area contributed by atoms with Crippen molar-refractivity contribution in [1.29, 1.82) is 5.26 Å². The quantitative estimate of drug-likeness (QED) is 0.837. The molecule has 0 fully saturated rings. The Morgan fingerprint density at radius 2 is 2.00 bits per heavy atom. The minimum atomic E-state index is -0.134. The SMILES string of the molecule is CCCOc1cccn(Cc2ccc(C#N)cc2)c1=O. The Labute approximate surface area is 117 Å². The molecule has 1 aromatic carbocycles. The van der Waals surface area contributed by atoms with Crippen molar-refractivity contribution in [3.05, 3.63) is 64.1 Å². The number of benzene rings is 1. The van der Waals surface area contributed by atoms with E-state index < -0.39 is 0 Å². The van der Waals surface area contributed by atoms with Gasteiger partial charge in [-0.15, -0.1) is 0 Å². The van der Waals surface area contributed by atoms with E-state index in [2.05, 4.69) is 6.07 Å². The Bertz CT molecular complexity index is 666. The summed E-state index contributed by atoms with van der Waals surface area (Å²) in [6.07, 6.45) is 2.60. The van der Waals surface area contributed by atoms with Crippen LogP contribution in [0.5, 0.6) is 5.75 Å². The summed E-state index contributed by atoms with van der Waals surface area (Å²) in [5.74, 6) is 0.378. The van der Waals surface area contributed by atoms with Gasteiger partial charge in [0.1, 0.15) is 0 Å². The van der Waals surface area contributed by atoms with Gasteiger partial charge in [0.25, 0.3) is 5.56 Å². The van der Waals surface area contributed by atoms with Crippen LogP contribution in [0.1, 0.15) is 24.5 Å². The van der Waals surface area contributed by atoms with Gasteiger partial charge in [0.05, 0.1) is 24.8 Å². The summed E-state index contributed by atoms with van der Waals surface area (Å²) in [7, 11) is 0. The molecule has 0 saturated heterocycles. The molecule has 0 bridgehead atoms. The Morgan fingerprint density at radius 1 is 1.25 bits per heavy atom. The molecule has 2 aromatic rings. The van der Waals surface area contributed by atoms with Gasteiger partial charge in [0, 0.05) is 6.20 Å². The van der Waals surface area contributed by atoms with Crippen molar-refractivity contribution in [3.63, 3.8) is 0 Å². The van der Waals surface area contributed by atoms with Crippen molar-refractivity contribution in [2.75, 3.05) is 6.61 Å². The summed E-state index contributed by atoms with van der Waals surface area (Å²) in [4.78, 5) is 12.2. The molecule has 0 atom stereocenters. The maximum absolute atomic E-state index is 12.2. The highest BCUT2D eigenvalue weighted by Crippen LogP contribution is 2.07. The smallest absolute Gasteiger partial charge is 0.293 e. The Balaban J connectivity index is 2.20. The number of hydrogen-bond donors (Lipinski definition) is 0. The molecule has 0 N–H and O–H groups in total. The lowest BCUT2D eigenvalue weighted by Gasteiger charge is -2.09. The molecule has 20 heavy (non-hydrogen) atoms. The lowest BCUT2D eigenvalue weighted by atomic mass is 10.1. The average Bonchev–Trinajstić information content (AvgIpc) is 2.49. The summed E-state index contributed by atoms with van der Waals surface area (Å²) in [6, 6.07) is 12.8. The van der Waals surface area contributed by atoms with Crippen LogP contribution < -0.4 is 10.3 Å². The van der Waals surface area contributed by atoms with E-state index in [0.29, 0.717) is 24.5 Å². The molecule has 1 heterocycles. The van der Waals surface area contributed by atoms with E-state index in [1.54, 1.807) is 35.0 Å². The fraction of sp³-hybridized carbons (Fsp3) is 0.250. The first-order chi connectivity index (χ1) is 9.74. The number of ether oxygens (including phenoxy) is 1. The number of aromatic nitrogens is 1. The van der Waals surface area contributed by atoms with Crippen LogP contribution in [0, 0.1) is 11.3 Å². The predicted molar refractivity (Wildman–Crippen MR) is 76.7 cm³/mol. The van der Waals surface area contributed by atoms with E-state index in [0.717, 1.165) is 12.0 Å². The molecule has 0 aliphatic carbocycles. The minimum Gasteiger partial charge on any atom is -0.488 e. The van der Waals surface area contributed by atoms with Crippen molar-refractivity contribution in [1.82, 2.24) is 4.57 Å². The second-order valence-electron chi connectivity index (χ2n) is 4.46. The zero-order valence-electron chi connectivity index (χ0n) is 11.4. The third-order valence-electron chi connectivity index (χ3n) is 2.88. The Kier molecular flexibility index (Phi) is 4.56. The van der Waals surface area contributed by atoms with E-state index in [4.69, 9.17) is 10.00 Å². The molecule has 0 saturated carbocycles.